The molecule has 7 heteroatoms. The molecule has 1 fully saturated rings. The summed E-state index contributed by atoms with van der Waals surface area (Å²) in [5.41, 5.74) is 6.28. The Bertz CT molecular complexity index is 446. The lowest BCUT2D eigenvalue weighted by Gasteiger charge is -2.15. The van der Waals surface area contributed by atoms with Gasteiger partial charge in [-0.3, -0.25) is 0 Å². The smallest absolute Gasteiger partial charge is 0.191 e. The largest absolute Gasteiger partial charge is 0.393 e. The number of halogens is 1. The quantitative estimate of drug-likeness (QED) is 0.440. The summed E-state index contributed by atoms with van der Waals surface area (Å²) < 4.78 is 0. The molecule has 1 aliphatic carbocycles. The van der Waals surface area contributed by atoms with Crippen LogP contribution in [0.25, 0.3) is 0 Å². The highest BCUT2D eigenvalue weighted by Crippen LogP contribution is 2.30. The first-order valence-corrected chi connectivity index (χ1v) is 7.87. The number of aliphatic hydroxyl groups is 1. The van der Waals surface area contributed by atoms with Crippen LogP contribution in [0.15, 0.2) is 5.16 Å². The molecule has 1 heterocycles. The summed E-state index contributed by atoms with van der Waals surface area (Å²) in [4.78, 5) is 8.57. The Morgan fingerprint density at radius 2 is 2.26 bits per heavy atom. The van der Waals surface area contributed by atoms with Crippen LogP contribution in [0.1, 0.15) is 32.6 Å². The van der Waals surface area contributed by atoms with Crippen molar-refractivity contribution in [2.75, 3.05) is 16.8 Å². The van der Waals surface area contributed by atoms with Crippen molar-refractivity contribution in [3.05, 3.63) is 5.15 Å². The van der Waals surface area contributed by atoms with Gasteiger partial charge in [0.2, 0.25) is 0 Å². The van der Waals surface area contributed by atoms with Crippen molar-refractivity contribution >= 4 is 34.9 Å². The highest BCUT2D eigenvalue weighted by Gasteiger charge is 2.24. The van der Waals surface area contributed by atoms with E-state index in [1.807, 2.05) is 0 Å². The van der Waals surface area contributed by atoms with Crippen molar-refractivity contribution in [2.24, 2.45) is 0 Å². The van der Waals surface area contributed by atoms with E-state index in [0.29, 0.717) is 16.7 Å². The fourth-order valence-electron chi connectivity index (χ4n) is 2.07. The van der Waals surface area contributed by atoms with Gasteiger partial charge in [0.1, 0.15) is 5.69 Å². The lowest BCUT2D eigenvalue weighted by molar-refractivity contribution is 0.182. The summed E-state index contributed by atoms with van der Waals surface area (Å²) in [6, 6.07) is 0.201. The highest BCUT2D eigenvalue weighted by molar-refractivity contribution is 7.99. The van der Waals surface area contributed by atoms with Crippen LogP contribution in [-0.2, 0) is 0 Å². The van der Waals surface area contributed by atoms with Gasteiger partial charge >= 0.3 is 0 Å². The third-order valence-corrected chi connectivity index (χ3v) is 4.40. The molecule has 0 radical (unpaired) electrons. The van der Waals surface area contributed by atoms with Crippen molar-refractivity contribution < 1.29 is 5.11 Å². The van der Waals surface area contributed by atoms with Gasteiger partial charge in [-0.25, -0.2) is 9.97 Å². The number of nitrogens with zero attached hydrogens (tertiary/aromatic N) is 2. The summed E-state index contributed by atoms with van der Waals surface area (Å²) in [6.45, 7) is 2.10. The Hall–Kier alpha value is -0.720. The molecule has 2 rings (SSSR count). The third kappa shape index (κ3) is 3.87. The van der Waals surface area contributed by atoms with Gasteiger partial charge in [0.05, 0.1) is 6.10 Å². The second kappa shape index (κ2) is 6.63. The minimum absolute atomic E-state index is 0.201. The summed E-state index contributed by atoms with van der Waals surface area (Å²) in [6.07, 6.45) is 3.27. The zero-order valence-electron chi connectivity index (χ0n) is 10.9. The molecule has 1 aromatic rings. The lowest BCUT2D eigenvalue weighted by atomic mass is 10.2. The van der Waals surface area contributed by atoms with E-state index < -0.39 is 0 Å². The normalized spacial score (nSPS) is 22.7. The number of thioether (sulfide) groups is 1. The summed E-state index contributed by atoms with van der Waals surface area (Å²) in [5, 5.41) is 13.7. The van der Waals surface area contributed by atoms with Crippen LogP contribution in [0.4, 0.5) is 11.5 Å². The van der Waals surface area contributed by atoms with Gasteiger partial charge in [-0.05, 0) is 25.7 Å². The maximum Gasteiger partial charge on any atom is 0.191 e. The average molecular weight is 303 g/mol. The van der Waals surface area contributed by atoms with Crippen molar-refractivity contribution in [3.8, 4) is 0 Å². The zero-order valence-corrected chi connectivity index (χ0v) is 12.5. The average Bonchev–Trinajstić information content (AvgIpc) is 2.78. The first-order valence-electron chi connectivity index (χ1n) is 6.50. The van der Waals surface area contributed by atoms with Crippen LogP contribution in [0.2, 0.25) is 5.15 Å². The van der Waals surface area contributed by atoms with Crippen LogP contribution in [-0.4, -0.2) is 33.0 Å². The second-order valence-electron chi connectivity index (χ2n) is 4.72. The van der Waals surface area contributed by atoms with Gasteiger partial charge in [-0.2, -0.15) is 0 Å². The third-order valence-electron chi connectivity index (χ3n) is 3.06. The maximum atomic E-state index is 9.54. The molecule has 0 saturated heterocycles. The number of hydrogen-bond acceptors (Lipinski definition) is 6. The Morgan fingerprint density at radius 3 is 2.89 bits per heavy atom. The van der Waals surface area contributed by atoms with Gasteiger partial charge in [0.15, 0.2) is 16.1 Å². The van der Waals surface area contributed by atoms with E-state index in [9.17, 15) is 5.11 Å². The fourth-order valence-corrected chi connectivity index (χ4v) is 2.99. The van der Waals surface area contributed by atoms with Gasteiger partial charge in [0.25, 0.3) is 0 Å². The van der Waals surface area contributed by atoms with E-state index in [4.69, 9.17) is 17.3 Å². The van der Waals surface area contributed by atoms with Crippen LogP contribution >= 0.6 is 23.4 Å². The van der Waals surface area contributed by atoms with E-state index in [1.54, 1.807) is 11.8 Å². The van der Waals surface area contributed by atoms with Crippen molar-refractivity contribution in [2.45, 2.75) is 49.9 Å². The number of aromatic nitrogens is 2. The topological polar surface area (TPSA) is 84.1 Å². The molecule has 0 bridgehead atoms. The number of nitrogens with two attached hydrogens (primary N) is 1. The molecule has 1 aliphatic rings. The monoisotopic (exact) mass is 302 g/mol. The maximum absolute atomic E-state index is 9.54. The van der Waals surface area contributed by atoms with Crippen molar-refractivity contribution in [3.63, 3.8) is 0 Å². The van der Waals surface area contributed by atoms with E-state index in [-0.39, 0.29) is 17.3 Å². The zero-order chi connectivity index (χ0) is 13.8. The summed E-state index contributed by atoms with van der Waals surface area (Å²) >= 11 is 7.60. The van der Waals surface area contributed by atoms with Gasteiger partial charge < -0.3 is 16.2 Å². The predicted octanol–water partition coefficient (Wildman–Crippen LogP) is 2.54. The highest BCUT2D eigenvalue weighted by atomic mass is 35.5. The number of aliphatic hydroxyl groups excluding tert-OH is 1. The minimum Gasteiger partial charge on any atom is -0.393 e. The molecule has 2 atom stereocenters. The summed E-state index contributed by atoms with van der Waals surface area (Å²) in [5.74, 6) is 1.53. The Labute approximate surface area is 122 Å². The molecule has 4 N–H and O–H groups in total. The van der Waals surface area contributed by atoms with Crippen LogP contribution < -0.4 is 11.1 Å². The predicted molar refractivity (Wildman–Crippen MR) is 79.7 cm³/mol. The molecule has 1 aromatic heterocycles. The number of hydrogen-bond donors (Lipinski definition) is 3. The Morgan fingerprint density at radius 1 is 1.47 bits per heavy atom. The van der Waals surface area contributed by atoms with Gasteiger partial charge in [-0.1, -0.05) is 30.3 Å². The molecule has 0 aliphatic heterocycles. The second-order valence-corrected chi connectivity index (χ2v) is 6.14. The van der Waals surface area contributed by atoms with E-state index in [2.05, 4.69) is 22.2 Å². The molecule has 0 amide bonds. The van der Waals surface area contributed by atoms with Gasteiger partial charge in [0, 0.05) is 11.8 Å². The van der Waals surface area contributed by atoms with Crippen molar-refractivity contribution in [1.82, 2.24) is 9.97 Å². The van der Waals surface area contributed by atoms with E-state index in [1.165, 1.54) is 0 Å². The number of nitrogens with one attached hydrogen (secondary N) is 1. The Balaban J connectivity index is 2.11. The van der Waals surface area contributed by atoms with Crippen LogP contribution in [0, 0.1) is 0 Å². The molecule has 106 valence electrons. The Kier molecular flexibility index (Phi) is 5.13. The standard InChI is InChI=1S/C12H19ClN4OS/c1-2-5-19-12-16-10(13)9(14)11(17-12)15-7-3-4-8(18)6-7/h7-8,18H,2-6,14H2,1H3,(H,15,16,17)/t7?,8-/m1/s1. The first-order chi connectivity index (χ1) is 9.10. The number of rotatable bonds is 5. The van der Waals surface area contributed by atoms with E-state index >= 15 is 0 Å². The molecule has 5 nitrogen and oxygen atoms in total. The SMILES string of the molecule is CCCSc1nc(Cl)c(N)c(NC2CC[C@@H](O)C2)n1. The number of nitrogen functional groups attached to an aromatic ring is 1. The van der Waals surface area contributed by atoms with Gasteiger partial charge in [-0.15, -0.1) is 0 Å². The lowest BCUT2D eigenvalue weighted by Crippen LogP contribution is -2.19. The molecule has 1 unspecified atom stereocenters. The number of anilines is 2. The molecule has 19 heavy (non-hydrogen) atoms. The van der Waals surface area contributed by atoms with Crippen LogP contribution in [0.3, 0.4) is 0 Å². The fraction of sp³-hybridized carbons (Fsp3) is 0.667. The first kappa shape index (κ1) is 14.7. The van der Waals surface area contributed by atoms with Crippen molar-refractivity contribution in [1.29, 1.82) is 0 Å². The molecule has 0 aromatic carbocycles. The van der Waals surface area contributed by atoms with E-state index in [0.717, 1.165) is 31.4 Å². The molecular formula is C12H19ClN4OS. The molecular weight excluding hydrogens is 284 g/mol. The molecule has 1 saturated carbocycles. The minimum atomic E-state index is -0.232. The summed E-state index contributed by atoms with van der Waals surface area (Å²) in [7, 11) is 0. The van der Waals surface area contributed by atoms with Crippen LogP contribution in [0.5, 0.6) is 0 Å². The molecule has 0 spiro atoms.